The van der Waals surface area contributed by atoms with E-state index in [4.69, 9.17) is 4.74 Å². The van der Waals surface area contributed by atoms with Crippen molar-refractivity contribution in [1.29, 1.82) is 0 Å². The standard InChI is InChI=1S/C16H22O7/c1-14-7-11(18)8-15(2,23-13(14)20)16(14,21)5-4-10(9-17)6-12(19)22-3/h4-6,11,17-18,21H,7-9H2,1-3H3. The third-order valence-electron chi connectivity index (χ3n) is 4.91. The van der Waals surface area contributed by atoms with Gasteiger partial charge in [-0.05, 0) is 31.9 Å². The smallest absolute Gasteiger partial charge is 0.330 e. The second-order valence-electron chi connectivity index (χ2n) is 6.51. The number of hydrogen-bond acceptors (Lipinski definition) is 7. The average molecular weight is 326 g/mol. The molecule has 2 bridgehead atoms. The van der Waals surface area contributed by atoms with E-state index in [0.29, 0.717) is 0 Å². The maximum Gasteiger partial charge on any atom is 0.330 e. The molecule has 7 heteroatoms. The molecule has 23 heavy (non-hydrogen) atoms. The summed E-state index contributed by atoms with van der Waals surface area (Å²) in [5.41, 5.74) is -4.03. The van der Waals surface area contributed by atoms with Crippen LogP contribution < -0.4 is 0 Å². The normalized spacial score (nSPS) is 40.3. The van der Waals surface area contributed by atoms with E-state index >= 15 is 0 Å². The molecule has 1 aliphatic carbocycles. The molecule has 7 nitrogen and oxygen atoms in total. The lowest BCUT2D eigenvalue weighted by molar-refractivity contribution is -0.156. The number of esters is 2. The van der Waals surface area contributed by atoms with E-state index in [1.807, 2.05) is 0 Å². The fourth-order valence-electron chi connectivity index (χ4n) is 3.51. The van der Waals surface area contributed by atoms with Crippen LogP contribution in [0.2, 0.25) is 0 Å². The number of aliphatic hydroxyl groups is 3. The van der Waals surface area contributed by atoms with Crippen LogP contribution in [0.4, 0.5) is 0 Å². The third kappa shape index (κ3) is 2.58. The molecule has 4 unspecified atom stereocenters. The second kappa shape index (κ2) is 5.74. The zero-order chi connectivity index (χ0) is 17.5. The van der Waals surface area contributed by atoms with E-state index < -0.39 is 41.3 Å². The largest absolute Gasteiger partial charge is 0.466 e. The van der Waals surface area contributed by atoms with Gasteiger partial charge >= 0.3 is 11.9 Å². The van der Waals surface area contributed by atoms with E-state index in [9.17, 15) is 24.9 Å². The summed E-state index contributed by atoms with van der Waals surface area (Å²) in [5, 5.41) is 30.4. The summed E-state index contributed by atoms with van der Waals surface area (Å²) in [7, 11) is 1.21. The van der Waals surface area contributed by atoms with Crippen LogP contribution in [0.3, 0.4) is 0 Å². The Labute approximate surface area is 134 Å². The zero-order valence-corrected chi connectivity index (χ0v) is 13.4. The number of carbonyl (C=O) groups excluding carboxylic acids is 2. The van der Waals surface area contributed by atoms with Crippen LogP contribution in [-0.2, 0) is 19.1 Å². The van der Waals surface area contributed by atoms with E-state index in [1.54, 1.807) is 6.92 Å². The molecule has 0 aromatic heterocycles. The maximum atomic E-state index is 12.2. The Morgan fingerprint density at radius 3 is 2.61 bits per heavy atom. The van der Waals surface area contributed by atoms with Gasteiger partial charge in [-0.3, -0.25) is 4.79 Å². The molecule has 1 aliphatic heterocycles. The fourth-order valence-corrected chi connectivity index (χ4v) is 3.51. The summed E-state index contributed by atoms with van der Waals surface area (Å²) < 4.78 is 9.85. The van der Waals surface area contributed by atoms with Gasteiger partial charge in [-0.2, -0.15) is 0 Å². The van der Waals surface area contributed by atoms with Crippen molar-refractivity contribution in [1.82, 2.24) is 0 Å². The molecule has 2 rings (SSSR count). The fraction of sp³-hybridized carbons (Fsp3) is 0.625. The molecule has 0 aromatic rings. The Kier molecular flexibility index (Phi) is 4.40. The SMILES string of the molecule is COC(=O)C=C(C=CC1(O)C2(C)CC(O)CC1(C)C(=O)O2)CO. The summed E-state index contributed by atoms with van der Waals surface area (Å²) in [5.74, 6) is -1.22. The molecule has 3 N–H and O–H groups in total. The molecule has 0 radical (unpaired) electrons. The lowest BCUT2D eigenvalue weighted by atomic mass is 9.59. The van der Waals surface area contributed by atoms with Crippen LogP contribution in [-0.4, -0.2) is 58.3 Å². The molecule has 128 valence electrons. The van der Waals surface area contributed by atoms with Crippen molar-refractivity contribution in [2.75, 3.05) is 13.7 Å². The highest BCUT2D eigenvalue weighted by molar-refractivity contribution is 5.84. The van der Waals surface area contributed by atoms with Gasteiger partial charge in [0.15, 0.2) is 0 Å². The molecule has 1 saturated carbocycles. The van der Waals surface area contributed by atoms with Crippen molar-refractivity contribution in [2.24, 2.45) is 5.41 Å². The van der Waals surface area contributed by atoms with Crippen LogP contribution in [0, 0.1) is 5.41 Å². The van der Waals surface area contributed by atoms with E-state index in [0.717, 1.165) is 6.08 Å². The van der Waals surface area contributed by atoms with Crippen LogP contribution in [0.5, 0.6) is 0 Å². The maximum absolute atomic E-state index is 12.2. The Balaban J connectivity index is 2.41. The molecule has 1 saturated heterocycles. The van der Waals surface area contributed by atoms with Gasteiger partial charge in [0.05, 0.1) is 19.8 Å². The van der Waals surface area contributed by atoms with Crippen molar-refractivity contribution in [3.63, 3.8) is 0 Å². The summed E-state index contributed by atoms with van der Waals surface area (Å²) >= 11 is 0. The average Bonchev–Trinajstić information content (AvgIpc) is 2.56. The molecule has 0 aromatic carbocycles. The van der Waals surface area contributed by atoms with E-state index in [-0.39, 0.29) is 18.4 Å². The first-order valence-electron chi connectivity index (χ1n) is 7.34. The number of aliphatic hydroxyl groups excluding tert-OH is 2. The minimum absolute atomic E-state index is 0.0669. The quantitative estimate of drug-likeness (QED) is 0.374. The molecule has 2 fully saturated rings. The van der Waals surface area contributed by atoms with E-state index in [1.165, 1.54) is 26.2 Å². The third-order valence-corrected chi connectivity index (χ3v) is 4.91. The molecule has 1 heterocycles. The summed E-state index contributed by atoms with van der Waals surface area (Å²) in [6, 6.07) is 0. The first-order valence-corrected chi connectivity index (χ1v) is 7.34. The van der Waals surface area contributed by atoms with Crippen molar-refractivity contribution >= 4 is 11.9 Å². The number of hydrogen-bond donors (Lipinski definition) is 3. The highest BCUT2D eigenvalue weighted by Gasteiger charge is 2.72. The van der Waals surface area contributed by atoms with Crippen molar-refractivity contribution in [3.8, 4) is 0 Å². The van der Waals surface area contributed by atoms with Crippen LogP contribution >= 0.6 is 0 Å². The van der Waals surface area contributed by atoms with Crippen molar-refractivity contribution in [3.05, 3.63) is 23.8 Å². The summed E-state index contributed by atoms with van der Waals surface area (Å²) in [4.78, 5) is 23.5. The molecular formula is C16H22O7. The highest BCUT2D eigenvalue weighted by Crippen LogP contribution is 2.58. The number of carbonyl (C=O) groups is 2. The lowest BCUT2D eigenvalue weighted by Crippen LogP contribution is -2.61. The van der Waals surface area contributed by atoms with Crippen molar-refractivity contribution in [2.45, 2.75) is 44.0 Å². The molecular weight excluding hydrogens is 304 g/mol. The number of fused-ring (bicyclic) bond motifs is 2. The number of ether oxygens (including phenoxy) is 2. The first-order chi connectivity index (χ1) is 10.6. The molecule has 0 amide bonds. The van der Waals surface area contributed by atoms with Gasteiger partial charge in [0.1, 0.15) is 16.6 Å². The number of rotatable bonds is 4. The predicted molar refractivity (Wildman–Crippen MR) is 79.1 cm³/mol. The lowest BCUT2D eigenvalue weighted by Gasteiger charge is -2.47. The Morgan fingerprint density at radius 1 is 1.43 bits per heavy atom. The van der Waals surface area contributed by atoms with Gasteiger partial charge in [0.25, 0.3) is 0 Å². The predicted octanol–water partition coefficient (Wildman–Crippen LogP) is -0.158. The van der Waals surface area contributed by atoms with Gasteiger partial charge in [-0.25, -0.2) is 4.79 Å². The molecule has 0 spiro atoms. The molecule has 4 atom stereocenters. The Bertz CT molecular complexity index is 581. The van der Waals surface area contributed by atoms with E-state index in [2.05, 4.69) is 4.74 Å². The minimum Gasteiger partial charge on any atom is -0.466 e. The zero-order valence-electron chi connectivity index (χ0n) is 13.4. The summed E-state index contributed by atoms with van der Waals surface area (Å²) in [6.45, 7) is 2.66. The van der Waals surface area contributed by atoms with Crippen LogP contribution in [0.15, 0.2) is 23.8 Å². The van der Waals surface area contributed by atoms with Gasteiger partial charge < -0.3 is 24.8 Å². The summed E-state index contributed by atoms with van der Waals surface area (Å²) in [6.07, 6.45) is 3.23. The van der Waals surface area contributed by atoms with Gasteiger partial charge in [-0.15, -0.1) is 0 Å². The monoisotopic (exact) mass is 326 g/mol. The first kappa shape index (κ1) is 17.7. The second-order valence-corrected chi connectivity index (χ2v) is 6.51. The van der Waals surface area contributed by atoms with Gasteiger partial charge in [-0.1, -0.05) is 6.08 Å². The Morgan fingerprint density at radius 2 is 2.09 bits per heavy atom. The minimum atomic E-state index is -1.67. The Hall–Kier alpha value is -1.70. The molecule has 2 aliphatic rings. The van der Waals surface area contributed by atoms with Crippen LogP contribution in [0.25, 0.3) is 0 Å². The topological polar surface area (TPSA) is 113 Å². The highest BCUT2D eigenvalue weighted by atomic mass is 16.6. The van der Waals surface area contributed by atoms with Gasteiger partial charge in [0.2, 0.25) is 0 Å². The number of methoxy groups -OCH3 is 1. The van der Waals surface area contributed by atoms with Crippen molar-refractivity contribution < 1.29 is 34.4 Å². The van der Waals surface area contributed by atoms with Gasteiger partial charge in [0, 0.05) is 12.5 Å². The van der Waals surface area contributed by atoms with Crippen LogP contribution in [0.1, 0.15) is 26.7 Å².